The fraction of sp³-hybridized carbons (Fsp3) is 0.150. The Kier molecular flexibility index (Phi) is 6.33. The van der Waals surface area contributed by atoms with Gasteiger partial charge in [-0.2, -0.15) is 5.10 Å². The number of rotatable bonds is 6. The SMILES string of the molecule is COc1ccc(/C=N\N=C2/NC(=O)/C(=C\c3ccc(OC)cc3OC)S2)cc1. The molecule has 1 saturated heterocycles. The van der Waals surface area contributed by atoms with Crippen LogP contribution in [0.1, 0.15) is 11.1 Å². The zero-order valence-corrected chi connectivity index (χ0v) is 16.4. The number of benzene rings is 2. The molecule has 7 nitrogen and oxygen atoms in total. The van der Waals surface area contributed by atoms with Crippen molar-refractivity contribution >= 4 is 35.1 Å². The molecule has 0 unspecified atom stereocenters. The predicted molar refractivity (Wildman–Crippen MR) is 111 cm³/mol. The number of carbonyl (C=O) groups excluding carboxylic acids is 1. The van der Waals surface area contributed by atoms with E-state index in [1.165, 1.54) is 11.8 Å². The highest BCUT2D eigenvalue weighted by molar-refractivity contribution is 8.18. The van der Waals surface area contributed by atoms with Gasteiger partial charge >= 0.3 is 0 Å². The summed E-state index contributed by atoms with van der Waals surface area (Å²) in [6.45, 7) is 0. The Morgan fingerprint density at radius 3 is 2.36 bits per heavy atom. The van der Waals surface area contributed by atoms with Crippen LogP contribution in [-0.4, -0.2) is 38.6 Å². The van der Waals surface area contributed by atoms with Crippen LogP contribution in [0.5, 0.6) is 17.2 Å². The van der Waals surface area contributed by atoms with E-state index in [2.05, 4.69) is 15.5 Å². The molecule has 0 bridgehead atoms. The van der Waals surface area contributed by atoms with Crippen molar-refractivity contribution in [2.75, 3.05) is 21.3 Å². The van der Waals surface area contributed by atoms with Crippen LogP contribution in [0.25, 0.3) is 6.08 Å². The molecule has 1 heterocycles. The first kappa shape index (κ1) is 19.5. The molecule has 144 valence electrons. The number of thioether (sulfide) groups is 1. The Bertz CT molecular complexity index is 952. The lowest BCUT2D eigenvalue weighted by atomic mass is 10.1. The lowest BCUT2D eigenvalue weighted by Crippen LogP contribution is -2.19. The fourth-order valence-corrected chi connectivity index (χ4v) is 3.16. The van der Waals surface area contributed by atoms with E-state index in [-0.39, 0.29) is 5.91 Å². The summed E-state index contributed by atoms with van der Waals surface area (Å²) in [7, 11) is 4.77. The van der Waals surface area contributed by atoms with Crippen LogP contribution in [0.3, 0.4) is 0 Å². The fourth-order valence-electron chi connectivity index (χ4n) is 2.39. The molecule has 1 aliphatic rings. The van der Waals surface area contributed by atoms with Crippen molar-refractivity contribution in [1.82, 2.24) is 5.32 Å². The second-order valence-corrected chi connectivity index (χ2v) is 6.63. The molecular weight excluding hydrogens is 378 g/mol. The minimum atomic E-state index is -0.235. The second-order valence-electron chi connectivity index (χ2n) is 5.60. The van der Waals surface area contributed by atoms with E-state index in [4.69, 9.17) is 14.2 Å². The quantitative estimate of drug-likeness (QED) is 0.459. The van der Waals surface area contributed by atoms with Gasteiger partial charge in [-0.3, -0.25) is 10.1 Å². The van der Waals surface area contributed by atoms with Crippen LogP contribution in [0, 0.1) is 0 Å². The Balaban J connectivity index is 1.73. The summed E-state index contributed by atoms with van der Waals surface area (Å²) in [5, 5.41) is 11.2. The normalized spacial score (nSPS) is 16.6. The van der Waals surface area contributed by atoms with Gasteiger partial charge in [0.15, 0.2) is 5.17 Å². The van der Waals surface area contributed by atoms with Crippen molar-refractivity contribution in [2.24, 2.45) is 10.2 Å². The van der Waals surface area contributed by atoms with Crippen molar-refractivity contribution < 1.29 is 19.0 Å². The zero-order chi connectivity index (χ0) is 19.9. The number of hydrogen-bond donors (Lipinski definition) is 1. The van der Waals surface area contributed by atoms with Gasteiger partial charge in [0.05, 0.1) is 32.4 Å². The topological polar surface area (TPSA) is 81.5 Å². The highest BCUT2D eigenvalue weighted by atomic mass is 32.2. The van der Waals surface area contributed by atoms with Crippen LogP contribution in [0.15, 0.2) is 57.6 Å². The molecule has 0 radical (unpaired) electrons. The van der Waals surface area contributed by atoms with Crippen LogP contribution in [-0.2, 0) is 4.79 Å². The molecule has 0 atom stereocenters. The average molecular weight is 397 g/mol. The van der Waals surface area contributed by atoms with Crippen LogP contribution >= 0.6 is 11.8 Å². The van der Waals surface area contributed by atoms with E-state index in [0.717, 1.165) is 16.9 Å². The third-order valence-corrected chi connectivity index (χ3v) is 4.75. The summed E-state index contributed by atoms with van der Waals surface area (Å²) in [4.78, 5) is 12.7. The number of ether oxygens (including phenoxy) is 3. The van der Waals surface area contributed by atoms with Gasteiger partial charge in [0, 0.05) is 11.6 Å². The number of hydrogen-bond acceptors (Lipinski definition) is 7. The Morgan fingerprint density at radius 1 is 0.964 bits per heavy atom. The van der Waals surface area contributed by atoms with Gasteiger partial charge in [0.1, 0.15) is 17.2 Å². The first-order valence-electron chi connectivity index (χ1n) is 8.31. The summed E-state index contributed by atoms with van der Waals surface area (Å²) in [6.07, 6.45) is 3.35. The smallest absolute Gasteiger partial charge is 0.264 e. The maximum Gasteiger partial charge on any atom is 0.264 e. The van der Waals surface area contributed by atoms with Gasteiger partial charge in [0.2, 0.25) is 0 Å². The van der Waals surface area contributed by atoms with Crippen molar-refractivity contribution in [3.63, 3.8) is 0 Å². The monoisotopic (exact) mass is 397 g/mol. The molecule has 1 fully saturated rings. The zero-order valence-electron chi connectivity index (χ0n) is 15.6. The van der Waals surface area contributed by atoms with E-state index in [9.17, 15) is 4.79 Å². The van der Waals surface area contributed by atoms with E-state index in [1.54, 1.807) is 45.8 Å². The molecule has 2 aromatic rings. The lowest BCUT2D eigenvalue weighted by Gasteiger charge is -2.07. The van der Waals surface area contributed by atoms with E-state index in [1.807, 2.05) is 30.3 Å². The van der Waals surface area contributed by atoms with E-state index in [0.29, 0.717) is 21.6 Å². The largest absolute Gasteiger partial charge is 0.497 e. The minimum Gasteiger partial charge on any atom is -0.497 e. The summed E-state index contributed by atoms with van der Waals surface area (Å²) in [5.74, 6) is 1.83. The maximum absolute atomic E-state index is 12.2. The first-order chi connectivity index (χ1) is 13.6. The lowest BCUT2D eigenvalue weighted by molar-refractivity contribution is -0.115. The third kappa shape index (κ3) is 4.72. The molecule has 1 amide bonds. The highest BCUT2D eigenvalue weighted by Gasteiger charge is 2.24. The highest BCUT2D eigenvalue weighted by Crippen LogP contribution is 2.31. The molecule has 0 aromatic heterocycles. The molecule has 1 aliphatic heterocycles. The number of methoxy groups -OCH3 is 3. The number of carbonyl (C=O) groups is 1. The van der Waals surface area contributed by atoms with Crippen molar-refractivity contribution in [1.29, 1.82) is 0 Å². The van der Waals surface area contributed by atoms with Gasteiger partial charge in [-0.15, -0.1) is 5.10 Å². The standard InChI is InChI=1S/C20H19N3O4S/c1-25-15-7-4-13(5-8-15)12-21-23-20-22-19(24)18(28-20)10-14-6-9-16(26-2)11-17(14)27-3/h4-12H,1-3H3,(H,22,23,24)/b18-10+,21-12-. The van der Waals surface area contributed by atoms with Gasteiger partial charge in [-0.1, -0.05) is 0 Å². The van der Waals surface area contributed by atoms with E-state index < -0.39 is 0 Å². The van der Waals surface area contributed by atoms with Crippen LogP contribution in [0.2, 0.25) is 0 Å². The second kappa shape index (κ2) is 9.09. The average Bonchev–Trinajstić information content (AvgIpc) is 3.08. The molecule has 1 N–H and O–H groups in total. The number of nitrogens with zero attached hydrogens (tertiary/aromatic N) is 2. The Morgan fingerprint density at radius 2 is 1.68 bits per heavy atom. The van der Waals surface area contributed by atoms with Gasteiger partial charge in [-0.05, 0) is 59.8 Å². The molecule has 8 heteroatoms. The number of nitrogens with one attached hydrogen (secondary N) is 1. The molecular formula is C20H19N3O4S. The van der Waals surface area contributed by atoms with Gasteiger partial charge < -0.3 is 14.2 Å². The van der Waals surface area contributed by atoms with E-state index >= 15 is 0 Å². The first-order valence-corrected chi connectivity index (χ1v) is 9.12. The van der Waals surface area contributed by atoms with Crippen molar-refractivity contribution in [3.8, 4) is 17.2 Å². The predicted octanol–water partition coefficient (Wildman–Crippen LogP) is 3.31. The number of amidine groups is 1. The van der Waals surface area contributed by atoms with Crippen LogP contribution < -0.4 is 19.5 Å². The summed E-state index contributed by atoms with van der Waals surface area (Å²) in [6, 6.07) is 12.8. The van der Waals surface area contributed by atoms with Crippen LogP contribution in [0.4, 0.5) is 0 Å². The summed E-state index contributed by atoms with van der Waals surface area (Å²) in [5.41, 5.74) is 1.64. The third-order valence-electron chi connectivity index (χ3n) is 3.85. The summed E-state index contributed by atoms with van der Waals surface area (Å²) >= 11 is 1.21. The maximum atomic E-state index is 12.2. The molecule has 0 spiro atoms. The number of amides is 1. The van der Waals surface area contributed by atoms with Crippen molar-refractivity contribution in [3.05, 3.63) is 58.5 Å². The Hall–Kier alpha value is -3.26. The van der Waals surface area contributed by atoms with Gasteiger partial charge in [-0.25, -0.2) is 0 Å². The van der Waals surface area contributed by atoms with Gasteiger partial charge in [0.25, 0.3) is 5.91 Å². The molecule has 0 aliphatic carbocycles. The molecule has 0 saturated carbocycles. The minimum absolute atomic E-state index is 0.235. The molecule has 2 aromatic carbocycles. The summed E-state index contributed by atoms with van der Waals surface area (Å²) < 4.78 is 15.7. The van der Waals surface area contributed by atoms with Crippen molar-refractivity contribution in [2.45, 2.75) is 0 Å². The molecule has 3 rings (SSSR count). The molecule has 28 heavy (non-hydrogen) atoms. The Labute approximate surface area is 167 Å².